The van der Waals surface area contributed by atoms with Gasteiger partial charge in [-0.25, -0.2) is 0 Å². The summed E-state index contributed by atoms with van der Waals surface area (Å²) in [5.74, 6) is 1.23. The predicted molar refractivity (Wildman–Crippen MR) is 73.2 cm³/mol. The van der Waals surface area contributed by atoms with E-state index < -0.39 is 11.0 Å². The molecule has 19 heavy (non-hydrogen) atoms. The molecule has 2 atom stereocenters. The van der Waals surface area contributed by atoms with Crippen molar-refractivity contribution in [2.75, 3.05) is 18.8 Å². The Balaban J connectivity index is 1.67. The Hall–Kier alpha value is -1.12. The summed E-state index contributed by atoms with van der Waals surface area (Å²) in [7, 11) is 0. The standard InChI is InChI=1S/C11H18N4O3S/c16-10(5-12-6-11-2-1-3-19-11)8-14-7-9(4-13-14)15(17)18/h4,7,10-12,16H,1-3,5-6,8H2. The van der Waals surface area contributed by atoms with E-state index in [1.807, 2.05) is 11.8 Å². The molecule has 0 bridgehead atoms. The molecule has 1 aromatic heterocycles. The van der Waals surface area contributed by atoms with Gasteiger partial charge in [0.1, 0.15) is 12.4 Å². The highest BCUT2D eigenvalue weighted by molar-refractivity contribution is 8.00. The largest absolute Gasteiger partial charge is 0.390 e. The average Bonchev–Trinajstić information content (AvgIpc) is 3.00. The molecule has 1 aromatic rings. The van der Waals surface area contributed by atoms with E-state index >= 15 is 0 Å². The van der Waals surface area contributed by atoms with Crippen LogP contribution in [0.1, 0.15) is 12.8 Å². The Labute approximate surface area is 115 Å². The summed E-state index contributed by atoms with van der Waals surface area (Å²) in [5.41, 5.74) is -0.0532. The monoisotopic (exact) mass is 286 g/mol. The van der Waals surface area contributed by atoms with Crippen LogP contribution in [0.3, 0.4) is 0 Å². The van der Waals surface area contributed by atoms with Crippen molar-refractivity contribution < 1.29 is 10.0 Å². The zero-order chi connectivity index (χ0) is 13.7. The van der Waals surface area contributed by atoms with Crippen LogP contribution in [0.2, 0.25) is 0 Å². The highest BCUT2D eigenvalue weighted by Crippen LogP contribution is 2.25. The first-order valence-electron chi connectivity index (χ1n) is 6.32. The third-order valence-electron chi connectivity index (χ3n) is 3.00. The van der Waals surface area contributed by atoms with E-state index in [0.717, 1.165) is 6.54 Å². The number of rotatable bonds is 7. The number of aromatic nitrogens is 2. The molecule has 0 radical (unpaired) electrons. The maximum Gasteiger partial charge on any atom is 0.306 e. The summed E-state index contributed by atoms with van der Waals surface area (Å²) in [6.45, 7) is 1.64. The SMILES string of the molecule is O=[N+]([O-])c1cnn(CC(O)CNCC2CCCS2)c1. The second-order valence-corrected chi connectivity index (χ2v) is 6.03. The third kappa shape index (κ3) is 4.48. The van der Waals surface area contributed by atoms with E-state index in [1.54, 1.807) is 0 Å². The van der Waals surface area contributed by atoms with Crippen LogP contribution in [0.15, 0.2) is 12.4 Å². The van der Waals surface area contributed by atoms with Crippen molar-refractivity contribution in [3.63, 3.8) is 0 Å². The summed E-state index contributed by atoms with van der Waals surface area (Å²) in [6.07, 6.45) is 4.44. The number of hydrogen-bond acceptors (Lipinski definition) is 6. The maximum atomic E-state index is 10.5. The molecule has 2 N–H and O–H groups in total. The molecule has 1 aliphatic heterocycles. The molecule has 0 saturated carbocycles. The van der Waals surface area contributed by atoms with Gasteiger partial charge in [-0.05, 0) is 18.6 Å². The molecule has 2 unspecified atom stereocenters. The summed E-state index contributed by atoms with van der Waals surface area (Å²) in [5, 5.41) is 28.0. The number of nitrogens with one attached hydrogen (secondary N) is 1. The fraction of sp³-hybridized carbons (Fsp3) is 0.727. The number of nitrogens with zero attached hydrogens (tertiary/aromatic N) is 3. The fourth-order valence-electron chi connectivity index (χ4n) is 2.04. The Kier molecular flexibility index (Phi) is 5.17. The zero-order valence-corrected chi connectivity index (χ0v) is 11.4. The molecule has 1 fully saturated rings. The van der Waals surface area contributed by atoms with Crippen molar-refractivity contribution in [1.29, 1.82) is 0 Å². The highest BCUT2D eigenvalue weighted by atomic mass is 32.2. The van der Waals surface area contributed by atoms with Gasteiger partial charge in [-0.1, -0.05) is 0 Å². The quantitative estimate of drug-likeness (QED) is 0.564. The first-order valence-corrected chi connectivity index (χ1v) is 7.37. The summed E-state index contributed by atoms with van der Waals surface area (Å²) in [4.78, 5) is 10.00. The second kappa shape index (κ2) is 6.88. The lowest BCUT2D eigenvalue weighted by atomic mass is 10.2. The van der Waals surface area contributed by atoms with Crippen LogP contribution in [0.25, 0.3) is 0 Å². The van der Waals surface area contributed by atoms with Gasteiger partial charge in [0.25, 0.3) is 0 Å². The van der Waals surface area contributed by atoms with Gasteiger partial charge in [0.2, 0.25) is 0 Å². The molecule has 2 heterocycles. The van der Waals surface area contributed by atoms with Gasteiger partial charge in [0.05, 0.1) is 17.6 Å². The van der Waals surface area contributed by atoms with Crippen molar-refractivity contribution >= 4 is 17.4 Å². The molecular weight excluding hydrogens is 268 g/mol. The van der Waals surface area contributed by atoms with Crippen molar-refractivity contribution in [2.45, 2.75) is 30.7 Å². The van der Waals surface area contributed by atoms with Crippen molar-refractivity contribution in [3.8, 4) is 0 Å². The first-order chi connectivity index (χ1) is 9.15. The van der Waals surface area contributed by atoms with Crippen molar-refractivity contribution in [2.24, 2.45) is 0 Å². The Bertz CT molecular complexity index is 420. The smallest absolute Gasteiger partial charge is 0.306 e. The molecule has 0 amide bonds. The summed E-state index contributed by atoms with van der Waals surface area (Å²) in [6, 6.07) is 0. The van der Waals surface area contributed by atoms with Crippen LogP contribution in [0.5, 0.6) is 0 Å². The second-order valence-electron chi connectivity index (χ2n) is 4.62. The van der Waals surface area contributed by atoms with Crippen LogP contribution in [0, 0.1) is 10.1 Å². The van der Waals surface area contributed by atoms with Gasteiger partial charge >= 0.3 is 5.69 Å². The van der Waals surface area contributed by atoms with Gasteiger partial charge in [-0.15, -0.1) is 0 Å². The molecule has 7 nitrogen and oxygen atoms in total. The van der Waals surface area contributed by atoms with E-state index in [9.17, 15) is 15.2 Å². The van der Waals surface area contributed by atoms with Crippen molar-refractivity contribution in [3.05, 3.63) is 22.5 Å². The average molecular weight is 286 g/mol. The lowest BCUT2D eigenvalue weighted by Crippen LogP contribution is -2.33. The molecule has 0 aromatic carbocycles. The van der Waals surface area contributed by atoms with Crippen LogP contribution < -0.4 is 5.32 Å². The minimum atomic E-state index is -0.592. The highest BCUT2D eigenvalue weighted by Gasteiger charge is 2.16. The van der Waals surface area contributed by atoms with E-state index in [-0.39, 0.29) is 12.2 Å². The minimum Gasteiger partial charge on any atom is -0.390 e. The summed E-state index contributed by atoms with van der Waals surface area (Å²) < 4.78 is 1.40. The number of thioether (sulfide) groups is 1. The van der Waals surface area contributed by atoms with Crippen molar-refractivity contribution in [1.82, 2.24) is 15.1 Å². The van der Waals surface area contributed by atoms with Crippen LogP contribution >= 0.6 is 11.8 Å². The lowest BCUT2D eigenvalue weighted by molar-refractivity contribution is -0.385. The molecule has 8 heteroatoms. The Morgan fingerprint density at radius 2 is 2.58 bits per heavy atom. The van der Waals surface area contributed by atoms with Gasteiger partial charge in [0, 0.05) is 18.3 Å². The first kappa shape index (κ1) is 14.3. The van der Waals surface area contributed by atoms with E-state index in [4.69, 9.17) is 0 Å². The van der Waals surface area contributed by atoms with Gasteiger partial charge in [-0.2, -0.15) is 16.9 Å². The topological polar surface area (TPSA) is 93.2 Å². The van der Waals surface area contributed by atoms with Crippen LogP contribution in [-0.2, 0) is 6.54 Å². The van der Waals surface area contributed by atoms with Crippen LogP contribution in [-0.4, -0.2) is 50.0 Å². The number of hydrogen-bond donors (Lipinski definition) is 2. The fourth-order valence-corrected chi connectivity index (χ4v) is 3.28. The Morgan fingerprint density at radius 1 is 1.74 bits per heavy atom. The number of nitro groups is 1. The van der Waals surface area contributed by atoms with Gasteiger partial charge in [0.15, 0.2) is 0 Å². The molecule has 1 aliphatic rings. The molecule has 0 spiro atoms. The number of aliphatic hydroxyl groups is 1. The van der Waals surface area contributed by atoms with Gasteiger partial charge < -0.3 is 10.4 Å². The molecule has 2 rings (SSSR count). The molecule has 1 saturated heterocycles. The predicted octanol–water partition coefficient (Wildman–Crippen LogP) is 0.637. The van der Waals surface area contributed by atoms with E-state index in [2.05, 4.69) is 10.4 Å². The third-order valence-corrected chi connectivity index (χ3v) is 4.40. The number of aliphatic hydroxyl groups excluding tert-OH is 1. The lowest BCUT2D eigenvalue weighted by Gasteiger charge is -2.14. The Morgan fingerprint density at radius 3 is 3.21 bits per heavy atom. The van der Waals surface area contributed by atoms with Gasteiger partial charge in [-0.3, -0.25) is 14.8 Å². The molecule has 0 aliphatic carbocycles. The van der Waals surface area contributed by atoms with E-state index in [1.165, 1.54) is 35.7 Å². The zero-order valence-electron chi connectivity index (χ0n) is 10.6. The molecule has 106 valence electrons. The molecular formula is C11H18N4O3S. The van der Waals surface area contributed by atoms with E-state index in [0.29, 0.717) is 11.8 Å². The minimum absolute atomic E-state index is 0.0532. The maximum absolute atomic E-state index is 10.5. The summed E-state index contributed by atoms with van der Waals surface area (Å²) >= 11 is 1.97. The van der Waals surface area contributed by atoms with Crippen LogP contribution in [0.4, 0.5) is 5.69 Å². The normalized spacial score (nSPS) is 20.6.